The van der Waals surface area contributed by atoms with E-state index in [2.05, 4.69) is 5.32 Å². The molecular weight excluding hydrogens is 270 g/mol. The summed E-state index contributed by atoms with van der Waals surface area (Å²) in [6.45, 7) is 2.93. The number of hydrogen-bond acceptors (Lipinski definition) is 3. The van der Waals surface area contributed by atoms with Crippen LogP contribution in [0.2, 0.25) is 5.02 Å². The summed E-state index contributed by atoms with van der Waals surface area (Å²) in [4.78, 5) is 0.383. The van der Waals surface area contributed by atoms with E-state index in [1.807, 2.05) is 6.92 Å². The molecule has 1 N–H and O–H groups in total. The van der Waals surface area contributed by atoms with Gasteiger partial charge in [0.2, 0.25) is 0 Å². The molecule has 0 spiro atoms. The second-order valence-electron chi connectivity index (χ2n) is 4.69. The Bertz CT molecular complexity index is 498. The van der Waals surface area contributed by atoms with Crippen LogP contribution < -0.4 is 5.32 Å². The first-order valence-electron chi connectivity index (χ1n) is 6.27. The minimum atomic E-state index is -3.21. The molecule has 18 heavy (non-hydrogen) atoms. The van der Waals surface area contributed by atoms with E-state index in [9.17, 15) is 8.42 Å². The summed E-state index contributed by atoms with van der Waals surface area (Å²) >= 11 is 5.78. The van der Waals surface area contributed by atoms with Crippen molar-refractivity contribution in [1.82, 2.24) is 5.32 Å². The monoisotopic (exact) mass is 287 g/mol. The van der Waals surface area contributed by atoms with Gasteiger partial charge >= 0.3 is 0 Å². The largest absolute Gasteiger partial charge is 0.314 e. The predicted molar refractivity (Wildman–Crippen MR) is 73.7 cm³/mol. The molecule has 1 saturated carbocycles. The fraction of sp³-hybridized carbons (Fsp3) is 0.538. The Balaban J connectivity index is 2.15. The molecule has 0 aromatic heterocycles. The zero-order valence-electron chi connectivity index (χ0n) is 10.4. The van der Waals surface area contributed by atoms with Gasteiger partial charge in [0, 0.05) is 11.1 Å². The van der Waals surface area contributed by atoms with Crippen molar-refractivity contribution in [1.29, 1.82) is 0 Å². The van der Waals surface area contributed by atoms with Crippen molar-refractivity contribution in [3.8, 4) is 0 Å². The predicted octanol–water partition coefficient (Wildman–Crippen LogP) is 2.64. The van der Waals surface area contributed by atoms with Crippen molar-refractivity contribution in [2.75, 3.05) is 6.54 Å². The lowest BCUT2D eigenvalue weighted by atomic mass is 10.2. The van der Waals surface area contributed by atoms with Gasteiger partial charge in [-0.15, -0.1) is 0 Å². The summed E-state index contributed by atoms with van der Waals surface area (Å²) in [5.41, 5.74) is 0. The third-order valence-electron chi connectivity index (χ3n) is 3.46. The summed E-state index contributed by atoms with van der Waals surface area (Å²) in [5, 5.41) is 3.62. The minimum absolute atomic E-state index is 0.261. The van der Waals surface area contributed by atoms with Crippen LogP contribution in [0.25, 0.3) is 0 Å². The molecule has 100 valence electrons. The third-order valence-corrected chi connectivity index (χ3v) is 5.95. The molecule has 1 aliphatic carbocycles. The van der Waals surface area contributed by atoms with Crippen LogP contribution in [-0.2, 0) is 9.84 Å². The van der Waals surface area contributed by atoms with Crippen LogP contribution in [0.15, 0.2) is 29.2 Å². The van der Waals surface area contributed by atoms with Crippen molar-refractivity contribution in [3.63, 3.8) is 0 Å². The van der Waals surface area contributed by atoms with Crippen LogP contribution in [0.5, 0.6) is 0 Å². The Kier molecular flexibility index (Phi) is 4.30. The normalized spacial score (nSPS) is 24.3. The van der Waals surface area contributed by atoms with Crippen molar-refractivity contribution >= 4 is 21.4 Å². The molecular formula is C13H18ClNO2S. The average Bonchev–Trinajstić information content (AvgIpc) is 2.79. The zero-order valence-corrected chi connectivity index (χ0v) is 12.0. The first kappa shape index (κ1) is 13.8. The van der Waals surface area contributed by atoms with Crippen LogP contribution in [0.1, 0.15) is 26.2 Å². The Morgan fingerprint density at radius 1 is 1.28 bits per heavy atom. The van der Waals surface area contributed by atoms with E-state index in [1.54, 1.807) is 24.3 Å². The van der Waals surface area contributed by atoms with Gasteiger partial charge in [0.25, 0.3) is 0 Å². The maximum absolute atomic E-state index is 12.4. The Hall–Kier alpha value is -0.580. The molecule has 1 aliphatic rings. The summed E-state index contributed by atoms with van der Waals surface area (Å²) in [5.74, 6) is 0. The lowest BCUT2D eigenvalue weighted by molar-refractivity contribution is 0.537. The number of benzene rings is 1. The molecule has 2 unspecified atom stereocenters. The van der Waals surface area contributed by atoms with Crippen LogP contribution in [0, 0.1) is 0 Å². The highest BCUT2D eigenvalue weighted by Gasteiger charge is 2.34. The van der Waals surface area contributed by atoms with E-state index in [1.165, 1.54) is 0 Å². The van der Waals surface area contributed by atoms with Crippen molar-refractivity contribution in [3.05, 3.63) is 29.3 Å². The number of nitrogens with one attached hydrogen (secondary N) is 1. The first-order chi connectivity index (χ1) is 8.54. The van der Waals surface area contributed by atoms with Gasteiger partial charge in [-0.1, -0.05) is 18.5 Å². The molecule has 1 aromatic rings. The SMILES string of the molecule is CCNC1CCC(S(=O)(=O)c2ccc(Cl)cc2)C1. The van der Waals surface area contributed by atoms with Gasteiger partial charge in [-0.25, -0.2) is 8.42 Å². The van der Waals surface area contributed by atoms with Gasteiger partial charge in [0.15, 0.2) is 9.84 Å². The zero-order chi connectivity index (χ0) is 13.2. The molecule has 2 atom stereocenters. The molecule has 2 rings (SSSR count). The van der Waals surface area contributed by atoms with Crippen LogP contribution >= 0.6 is 11.6 Å². The summed E-state index contributed by atoms with van der Waals surface area (Å²) in [6, 6.07) is 6.79. The summed E-state index contributed by atoms with van der Waals surface area (Å²) in [7, 11) is -3.21. The highest BCUT2D eigenvalue weighted by Crippen LogP contribution is 2.30. The molecule has 0 radical (unpaired) electrons. The van der Waals surface area contributed by atoms with E-state index < -0.39 is 9.84 Å². The fourth-order valence-corrected chi connectivity index (χ4v) is 4.47. The summed E-state index contributed by atoms with van der Waals surface area (Å²) < 4.78 is 24.8. The highest BCUT2D eigenvalue weighted by atomic mass is 35.5. The molecule has 0 bridgehead atoms. The fourth-order valence-electron chi connectivity index (χ4n) is 2.51. The maximum atomic E-state index is 12.4. The maximum Gasteiger partial charge on any atom is 0.181 e. The van der Waals surface area contributed by atoms with Crippen LogP contribution in [-0.4, -0.2) is 26.3 Å². The molecule has 0 heterocycles. The second kappa shape index (κ2) is 5.59. The van der Waals surface area contributed by atoms with Gasteiger partial charge in [-0.2, -0.15) is 0 Å². The topological polar surface area (TPSA) is 46.2 Å². The minimum Gasteiger partial charge on any atom is -0.314 e. The third kappa shape index (κ3) is 2.87. The van der Waals surface area contributed by atoms with Crippen LogP contribution in [0.4, 0.5) is 0 Å². The van der Waals surface area contributed by atoms with Gasteiger partial charge in [0.05, 0.1) is 10.1 Å². The molecule has 3 nitrogen and oxygen atoms in total. The molecule has 1 aromatic carbocycles. The van der Waals surface area contributed by atoms with Gasteiger partial charge in [0.1, 0.15) is 0 Å². The van der Waals surface area contributed by atoms with Crippen molar-refractivity contribution in [2.45, 2.75) is 42.4 Å². The highest BCUT2D eigenvalue weighted by molar-refractivity contribution is 7.92. The molecule has 0 amide bonds. The van der Waals surface area contributed by atoms with E-state index in [0.29, 0.717) is 22.4 Å². The lowest BCUT2D eigenvalue weighted by Gasteiger charge is -2.13. The van der Waals surface area contributed by atoms with E-state index in [-0.39, 0.29) is 5.25 Å². The van der Waals surface area contributed by atoms with Crippen molar-refractivity contribution < 1.29 is 8.42 Å². The second-order valence-corrected chi connectivity index (χ2v) is 7.35. The first-order valence-corrected chi connectivity index (χ1v) is 8.19. The van der Waals surface area contributed by atoms with E-state index >= 15 is 0 Å². The Morgan fingerprint density at radius 3 is 2.56 bits per heavy atom. The van der Waals surface area contributed by atoms with Gasteiger partial charge in [-0.05, 0) is 50.1 Å². The summed E-state index contributed by atoms with van der Waals surface area (Å²) in [6.07, 6.45) is 2.38. The van der Waals surface area contributed by atoms with E-state index in [4.69, 9.17) is 11.6 Å². The van der Waals surface area contributed by atoms with Crippen LogP contribution in [0.3, 0.4) is 0 Å². The molecule has 1 fully saturated rings. The average molecular weight is 288 g/mol. The molecule has 0 saturated heterocycles. The quantitative estimate of drug-likeness (QED) is 0.926. The number of halogens is 1. The molecule has 0 aliphatic heterocycles. The standard InChI is InChI=1S/C13H18ClNO2S/c1-2-15-11-5-8-13(9-11)18(16,17)12-6-3-10(14)4-7-12/h3-4,6-7,11,13,15H,2,5,8-9H2,1H3. The number of hydrogen-bond donors (Lipinski definition) is 1. The number of rotatable bonds is 4. The Morgan fingerprint density at radius 2 is 1.94 bits per heavy atom. The van der Waals surface area contributed by atoms with Crippen molar-refractivity contribution in [2.24, 2.45) is 0 Å². The number of sulfone groups is 1. The smallest absolute Gasteiger partial charge is 0.181 e. The van der Waals surface area contributed by atoms with Gasteiger partial charge in [-0.3, -0.25) is 0 Å². The van der Waals surface area contributed by atoms with E-state index in [0.717, 1.165) is 19.4 Å². The Labute approximate surface area is 113 Å². The lowest BCUT2D eigenvalue weighted by Crippen LogP contribution is -2.28. The molecule has 5 heteroatoms. The van der Waals surface area contributed by atoms with Gasteiger partial charge < -0.3 is 5.32 Å².